The SMILES string of the molecule is COc1ccccc1CCN(C(=O)C1CC1)[C@@H]1C=C(C(=O)NCCO)[C@@H]2c3cc(CO)cc(OC)c3O[C@@H]2[C@H]1O. The van der Waals surface area contributed by atoms with E-state index in [1.54, 1.807) is 30.2 Å². The third-order valence-electron chi connectivity index (χ3n) is 7.88. The van der Waals surface area contributed by atoms with Gasteiger partial charge < -0.3 is 39.7 Å². The first-order chi connectivity index (χ1) is 19.4. The second kappa shape index (κ2) is 11.9. The van der Waals surface area contributed by atoms with Crippen molar-refractivity contribution in [2.75, 3.05) is 33.9 Å². The van der Waals surface area contributed by atoms with Gasteiger partial charge in [-0.2, -0.15) is 0 Å². The van der Waals surface area contributed by atoms with Gasteiger partial charge in [-0.05, 0) is 54.7 Å². The van der Waals surface area contributed by atoms with Crippen LogP contribution in [0, 0.1) is 5.92 Å². The maximum atomic E-state index is 13.6. The molecule has 3 aliphatic rings. The fourth-order valence-corrected chi connectivity index (χ4v) is 5.74. The molecule has 40 heavy (non-hydrogen) atoms. The monoisotopic (exact) mass is 552 g/mol. The Morgan fingerprint density at radius 2 is 1.85 bits per heavy atom. The van der Waals surface area contributed by atoms with E-state index in [0.717, 1.165) is 18.4 Å². The van der Waals surface area contributed by atoms with Crippen molar-refractivity contribution in [3.63, 3.8) is 0 Å². The Morgan fingerprint density at radius 3 is 2.52 bits per heavy atom. The van der Waals surface area contributed by atoms with Crippen molar-refractivity contribution < 1.29 is 39.1 Å². The fraction of sp³-hybridized carbons (Fsp3) is 0.467. The van der Waals surface area contributed by atoms with E-state index in [9.17, 15) is 24.9 Å². The molecule has 0 aromatic heterocycles. The molecule has 1 aliphatic heterocycles. The van der Waals surface area contributed by atoms with Gasteiger partial charge in [0.2, 0.25) is 11.8 Å². The number of carbonyl (C=O) groups is 2. The highest BCUT2D eigenvalue weighted by molar-refractivity contribution is 5.96. The van der Waals surface area contributed by atoms with Crippen molar-refractivity contribution in [1.82, 2.24) is 10.2 Å². The van der Waals surface area contributed by atoms with Crippen LogP contribution in [0.15, 0.2) is 48.0 Å². The van der Waals surface area contributed by atoms with E-state index in [1.165, 1.54) is 7.11 Å². The third-order valence-corrected chi connectivity index (χ3v) is 7.88. The molecule has 0 unspecified atom stereocenters. The standard InChI is InChI=1S/C30H36N2O8/c1-38-23-6-4-3-5-18(23)9-11-32(30(37)19-7-8-19)22-15-21(29(36)31-10-12-33)25-20-13-17(16-34)14-24(39-2)27(20)40-28(25)26(22)35/h3-6,13-15,19,22,25-26,28,33-35H,7-12,16H2,1-2H3,(H,31,36)/t22-,25+,26+,28+/m1/s1. The Morgan fingerprint density at radius 1 is 1.10 bits per heavy atom. The Labute approximate surface area is 233 Å². The predicted octanol–water partition coefficient (Wildman–Crippen LogP) is 1.30. The van der Waals surface area contributed by atoms with E-state index in [2.05, 4.69) is 5.32 Å². The molecule has 214 valence electrons. The summed E-state index contributed by atoms with van der Waals surface area (Å²) in [4.78, 5) is 28.7. The number of fused-ring (bicyclic) bond motifs is 3. The lowest BCUT2D eigenvalue weighted by atomic mass is 9.77. The van der Waals surface area contributed by atoms with Crippen molar-refractivity contribution in [3.05, 3.63) is 64.7 Å². The quantitative estimate of drug-likeness (QED) is 0.327. The zero-order chi connectivity index (χ0) is 28.4. The van der Waals surface area contributed by atoms with Crippen LogP contribution >= 0.6 is 0 Å². The lowest BCUT2D eigenvalue weighted by Crippen LogP contribution is -2.56. The number of amides is 2. The molecule has 4 atom stereocenters. The van der Waals surface area contributed by atoms with Crippen molar-refractivity contribution in [2.45, 2.75) is 50.0 Å². The molecule has 0 radical (unpaired) electrons. The smallest absolute Gasteiger partial charge is 0.247 e. The number of methoxy groups -OCH3 is 2. The summed E-state index contributed by atoms with van der Waals surface area (Å²) in [5.41, 5.74) is 2.45. The molecular weight excluding hydrogens is 516 g/mol. The summed E-state index contributed by atoms with van der Waals surface area (Å²) in [5, 5.41) is 33.6. The van der Waals surface area contributed by atoms with Gasteiger partial charge in [-0.25, -0.2) is 0 Å². The molecule has 4 N–H and O–H groups in total. The minimum atomic E-state index is -1.14. The molecule has 1 heterocycles. The Hall–Kier alpha value is -3.60. The number of hydrogen-bond acceptors (Lipinski definition) is 8. The lowest BCUT2D eigenvalue weighted by Gasteiger charge is -2.41. The molecule has 2 amide bonds. The minimum Gasteiger partial charge on any atom is -0.496 e. The van der Waals surface area contributed by atoms with E-state index in [1.807, 2.05) is 24.3 Å². The normalized spacial score (nSPS) is 22.9. The maximum Gasteiger partial charge on any atom is 0.247 e. The summed E-state index contributed by atoms with van der Waals surface area (Å²) in [6.45, 7) is -0.122. The zero-order valence-electron chi connectivity index (χ0n) is 22.7. The van der Waals surface area contributed by atoms with Gasteiger partial charge >= 0.3 is 0 Å². The van der Waals surface area contributed by atoms with Crippen LogP contribution in [0.3, 0.4) is 0 Å². The van der Waals surface area contributed by atoms with Crippen molar-refractivity contribution in [1.29, 1.82) is 0 Å². The van der Waals surface area contributed by atoms with Crippen molar-refractivity contribution in [2.24, 2.45) is 5.92 Å². The largest absolute Gasteiger partial charge is 0.496 e. The van der Waals surface area contributed by atoms with Gasteiger partial charge in [0.15, 0.2) is 11.5 Å². The second-order valence-corrected chi connectivity index (χ2v) is 10.4. The molecule has 0 spiro atoms. The number of aliphatic hydroxyl groups excluding tert-OH is 3. The summed E-state index contributed by atoms with van der Waals surface area (Å²) in [6.07, 6.45) is 1.72. The van der Waals surface area contributed by atoms with Crippen LogP contribution in [0.2, 0.25) is 0 Å². The average molecular weight is 553 g/mol. The summed E-state index contributed by atoms with van der Waals surface area (Å²) in [7, 11) is 3.09. The number of nitrogens with one attached hydrogen (secondary N) is 1. The summed E-state index contributed by atoms with van der Waals surface area (Å²) < 4.78 is 17.3. The average Bonchev–Trinajstić information content (AvgIpc) is 3.76. The summed E-state index contributed by atoms with van der Waals surface area (Å²) in [5.74, 6) is 0.227. The fourth-order valence-electron chi connectivity index (χ4n) is 5.74. The molecule has 2 aromatic carbocycles. The van der Waals surface area contributed by atoms with Crippen LogP contribution < -0.4 is 19.5 Å². The Balaban J connectivity index is 1.54. The molecule has 0 saturated heterocycles. The molecule has 1 saturated carbocycles. The molecule has 5 rings (SSSR count). The summed E-state index contributed by atoms with van der Waals surface area (Å²) >= 11 is 0. The summed E-state index contributed by atoms with van der Waals surface area (Å²) in [6, 6.07) is 10.2. The highest BCUT2D eigenvalue weighted by Gasteiger charge is 2.52. The van der Waals surface area contributed by atoms with Crippen molar-refractivity contribution >= 4 is 11.8 Å². The van der Waals surface area contributed by atoms with Crippen LogP contribution in [0.1, 0.15) is 35.4 Å². The molecule has 10 nitrogen and oxygen atoms in total. The van der Waals surface area contributed by atoms with Gasteiger partial charge in [0.05, 0.1) is 39.4 Å². The van der Waals surface area contributed by atoms with E-state index in [-0.39, 0.29) is 31.6 Å². The maximum absolute atomic E-state index is 13.6. The molecule has 2 aliphatic carbocycles. The number of para-hydroxylation sites is 1. The van der Waals surface area contributed by atoms with Crippen LogP contribution in [0.25, 0.3) is 0 Å². The minimum absolute atomic E-state index is 0.0486. The number of aliphatic hydroxyl groups is 3. The van der Waals surface area contributed by atoms with E-state index in [4.69, 9.17) is 14.2 Å². The van der Waals surface area contributed by atoms with Gasteiger partial charge in [-0.1, -0.05) is 18.2 Å². The van der Waals surface area contributed by atoms with Gasteiger partial charge in [-0.15, -0.1) is 0 Å². The zero-order valence-corrected chi connectivity index (χ0v) is 22.7. The third kappa shape index (κ3) is 5.26. The number of benzene rings is 2. The molecule has 2 aromatic rings. The molecule has 0 bridgehead atoms. The highest BCUT2D eigenvalue weighted by Crippen LogP contribution is 2.51. The number of nitrogens with zero attached hydrogens (tertiary/aromatic N) is 1. The first-order valence-corrected chi connectivity index (χ1v) is 13.6. The van der Waals surface area contributed by atoms with Crippen molar-refractivity contribution in [3.8, 4) is 17.2 Å². The topological polar surface area (TPSA) is 138 Å². The van der Waals surface area contributed by atoms with Gasteiger partial charge in [-0.3, -0.25) is 9.59 Å². The number of hydrogen-bond donors (Lipinski definition) is 4. The van der Waals surface area contributed by atoms with E-state index >= 15 is 0 Å². The Kier molecular flexibility index (Phi) is 8.30. The first-order valence-electron chi connectivity index (χ1n) is 13.6. The second-order valence-electron chi connectivity index (χ2n) is 10.4. The lowest BCUT2D eigenvalue weighted by molar-refractivity contribution is -0.138. The van der Waals surface area contributed by atoms with Gasteiger partial charge in [0.1, 0.15) is 18.0 Å². The Bertz CT molecular complexity index is 1290. The molecule has 10 heteroatoms. The van der Waals surface area contributed by atoms with Gasteiger partial charge in [0, 0.05) is 30.1 Å². The number of ether oxygens (including phenoxy) is 3. The number of carbonyl (C=O) groups excluding carboxylic acids is 2. The van der Waals surface area contributed by atoms with Gasteiger partial charge in [0.25, 0.3) is 0 Å². The number of rotatable bonds is 11. The first kappa shape index (κ1) is 27.9. The van der Waals surface area contributed by atoms with E-state index in [0.29, 0.717) is 46.9 Å². The van der Waals surface area contributed by atoms with Crippen LogP contribution in [-0.4, -0.2) is 84.2 Å². The van der Waals surface area contributed by atoms with E-state index < -0.39 is 30.1 Å². The van der Waals surface area contributed by atoms with Crippen LogP contribution in [0.5, 0.6) is 17.2 Å². The van der Waals surface area contributed by atoms with Crippen LogP contribution in [0.4, 0.5) is 0 Å². The van der Waals surface area contributed by atoms with Crippen LogP contribution in [-0.2, 0) is 22.6 Å². The molecule has 1 fully saturated rings. The molecular formula is C30H36N2O8. The highest BCUT2D eigenvalue weighted by atomic mass is 16.5. The predicted molar refractivity (Wildman–Crippen MR) is 145 cm³/mol.